The van der Waals surface area contributed by atoms with E-state index < -0.39 is 17.2 Å². The number of hydrogen-bond acceptors (Lipinski definition) is 2. The van der Waals surface area contributed by atoms with Crippen LogP contribution in [-0.4, -0.2) is 11.2 Å². The average molecular weight is 227 g/mol. The van der Waals surface area contributed by atoms with E-state index >= 15 is 0 Å². The van der Waals surface area contributed by atoms with Crippen molar-refractivity contribution < 1.29 is 13.9 Å². The number of aliphatic hydroxyl groups is 1. The smallest absolute Gasteiger partial charge is 0.131 e. The highest BCUT2D eigenvalue weighted by Crippen LogP contribution is 2.36. The predicted octanol–water partition coefficient (Wildman–Crippen LogP) is 2.05. The van der Waals surface area contributed by atoms with Crippen LogP contribution in [0.4, 0.5) is 8.78 Å². The van der Waals surface area contributed by atoms with Crippen LogP contribution >= 0.6 is 0 Å². The zero-order valence-electron chi connectivity index (χ0n) is 8.92. The molecule has 1 aliphatic carbocycles. The Balaban J connectivity index is 2.29. The number of halogens is 2. The monoisotopic (exact) mass is 227 g/mol. The second-order valence-electron chi connectivity index (χ2n) is 4.51. The van der Waals surface area contributed by atoms with E-state index in [0.717, 1.165) is 6.07 Å². The Morgan fingerprint density at radius 2 is 1.88 bits per heavy atom. The van der Waals surface area contributed by atoms with E-state index in [1.165, 1.54) is 12.1 Å². The number of nitrogens with two attached hydrogens (primary N) is 1. The second kappa shape index (κ2) is 4.11. The molecule has 4 heteroatoms. The summed E-state index contributed by atoms with van der Waals surface area (Å²) in [6.45, 7) is 0. The van der Waals surface area contributed by atoms with Gasteiger partial charge < -0.3 is 10.8 Å². The third-order valence-electron chi connectivity index (χ3n) is 3.31. The Labute approximate surface area is 93.1 Å². The van der Waals surface area contributed by atoms with E-state index in [0.29, 0.717) is 31.2 Å². The largest absolute Gasteiger partial charge is 0.393 e. The molecular weight excluding hydrogens is 212 g/mol. The Hall–Kier alpha value is -1.00. The van der Waals surface area contributed by atoms with E-state index in [2.05, 4.69) is 0 Å². The van der Waals surface area contributed by atoms with Crippen molar-refractivity contribution in [1.82, 2.24) is 0 Å². The quantitative estimate of drug-likeness (QED) is 0.771. The molecule has 0 heterocycles. The van der Waals surface area contributed by atoms with Gasteiger partial charge in [0.1, 0.15) is 11.6 Å². The first-order chi connectivity index (χ1) is 7.51. The van der Waals surface area contributed by atoms with Gasteiger partial charge in [0.25, 0.3) is 0 Å². The van der Waals surface area contributed by atoms with Gasteiger partial charge in [0.15, 0.2) is 0 Å². The molecule has 0 aliphatic heterocycles. The van der Waals surface area contributed by atoms with E-state index in [-0.39, 0.29) is 6.10 Å². The van der Waals surface area contributed by atoms with Crippen molar-refractivity contribution in [2.45, 2.75) is 37.3 Å². The van der Waals surface area contributed by atoms with Crippen molar-refractivity contribution >= 4 is 0 Å². The molecule has 0 radical (unpaired) electrons. The van der Waals surface area contributed by atoms with Crippen LogP contribution < -0.4 is 5.73 Å². The zero-order chi connectivity index (χ0) is 11.8. The van der Waals surface area contributed by atoms with Crippen LogP contribution in [0.1, 0.15) is 31.2 Å². The first-order valence-electron chi connectivity index (χ1n) is 5.44. The fraction of sp³-hybridized carbons (Fsp3) is 0.500. The molecular formula is C12H15F2NO. The Bertz CT molecular complexity index is 387. The van der Waals surface area contributed by atoms with Gasteiger partial charge >= 0.3 is 0 Å². The van der Waals surface area contributed by atoms with Gasteiger partial charge in [0.2, 0.25) is 0 Å². The maximum absolute atomic E-state index is 13.6. The van der Waals surface area contributed by atoms with Crippen LogP contribution in [0.5, 0.6) is 0 Å². The Kier molecular flexibility index (Phi) is 2.95. The van der Waals surface area contributed by atoms with Gasteiger partial charge in [0.05, 0.1) is 6.10 Å². The van der Waals surface area contributed by atoms with E-state index in [1.54, 1.807) is 0 Å². The molecule has 0 bridgehead atoms. The summed E-state index contributed by atoms with van der Waals surface area (Å²) in [5.41, 5.74) is 5.70. The predicted molar refractivity (Wildman–Crippen MR) is 56.7 cm³/mol. The highest BCUT2D eigenvalue weighted by atomic mass is 19.1. The van der Waals surface area contributed by atoms with Crippen LogP contribution in [0.3, 0.4) is 0 Å². The SMILES string of the molecule is NC1(c2ccc(F)cc2F)CCC(O)CC1. The highest BCUT2D eigenvalue weighted by Gasteiger charge is 2.34. The van der Waals surface area contributed by atoms with Crippen molar-refractivity contribution in [1.29, 1.82) is 0 Å². The number of rotatable bonds is 1. The summed E-state index contributed by atoms with van der Waals surface area (Å²) in [5, 5.41) is 9.39. The van der Waals surface area contributed by atoms with Crippen molar-refractivity contribution in [2.75, 3.05) is 0 Å². The van der Waals surface area contributed by atoms with Crippen LogP contribution in [0.15, 0.2) is 18.2 Å². The van der Waals surface area contributed by atoms with E-state index in [1.807, 2.05) is 0 Å². The molecule has 3 N–H and O–H groups in total. The van der Waals surface area contributed by atoms with Gasteiger partial charge in [-0.2, -0.15) is 0 Å². The van der Waals surface area contributed by atoms with Gasteiger partial charge in [-0.15, -0.1) is 0 Å². The molecule has 1 aromatic rings. The lowest BCUT2D eigenvalue weighted by atomic mass is 9.76. The van der Waals surface area contributed by atoms with Gasteiger partial charge in [-0.25, -0.2) is 8.78 Å². The Morgan fingerprint density at radius 1 is 1.25 bits per heavy atom. The normalized spacial score (nSPS) is 30.4. The first-order valence-corrected chi connectivity index (χ1v) is 5.44. The summed E-state index contributed by atoms with van der Waals surface area (Å²) in [4.78, 5) is 0. The van der Waals surface area contributed by atoms with Gasteiger partial charge in [-0.3, -0.25) is 0 Å². The summed E-state index contributed by atoms with van der Waals surface area (Å²) < 4.78 is 26.4. The lowest BCUT2D eigenvalue weighted by Crippen LogP contribution is -2.42. The molecule has 0 saturated heterocycles. The molecule has 2 nitrogen and oxygen atoms in total. The van der Waals surface area contributed by atoms with Crippen molar-refractivity contribution in [2.24, 2.45) is 5.73 Å². The molecule has 0 atom stereocenters. The number of hydrogen-bond donors (Lipinski definition) is 2. The third-order valence-corrected chi connectivity index (χ3v) is 3.31. The molecule has 0 aromatic heterocycles. The van der Waals surface area contributed by atoms with E-state index in [4.69, 9.17) is 5.73 Å². The molecule has 88 valence electrons. The zero-order valence-corrected chi connectivity index (χ0v) is 8.92. The minimum Gasteiger partial charge on any atom is -0.393 e. The molecule has 0 amide bonds. The molecule has 2 rings (SSSR count). The molecule has 1 fully saturated rings. The lowest BCUT2D eigenvalue weighted by Gasteiger charge is -2.36. The summed E-state index contributed by atoms with van der Waals surface area (Å²) in [7, 11) is 0. The van der Waals surface area contributed by atoms with E-state index in [9.17, 15) is 13.9 Å². The number of benzene rings is 1. The second-order valence-corrected chi connectivity index (χ2v) is 4.51. The molecule has 1 saturated carbocycles. The van der Waals surface area contributed by atoms with Crippen molar-refractivity contribution in [3.05, 3.63) is 35.4 Å². The van der Waals surface area contributed by atoms with Gasteiger partial charge in [0, 0.05) is 17.2 Å². The topological polar surface area (TPSA) is 46.2 Å². The molecule has 16 heavy (non-hydrogen) atoms. The molecule has 1 aromatic carbocycles. The Morgan fingerprint density at radius 3 is 2.44 bits per heavy atom. The fourth-order valence-electron chi connectivity index (χ4n) is 2.28. The summed E-state index contributed by atoms with van der Waals surface area (Å²) >= 11 is 0. The van der Waals surface area contributed by atoms with Crippen molar-refractivity contribution in [3.8, 4) is 0 Å². The van der Waals surface area contributed by atoms with Gasteiger partial charge in [-0.1, -0.05) is 6.07 Å². The minimum absolute atomic E-state index is 0.347. The lowest BCUT2D eigenvalue weighted by molar-refractivity contribution is 0.0957. The van der Waals surface area contributed by atoms with Crippen LogP contribution in [-0.2, 0) is 5.54 Å². The van der Waals surface area contributed by atoms with Crippen molar-refractivity contribution in [3.63, 3.8) is 0 Å². The summed E-state index contributed by atoms with van der Waals surface area (Å²) in [5.74, 6) is -1.19. The standard InChI is InChI=1S/C12H15F2NO/c13-8-1-2-10(11(14)7-8)12(15)5-3-9(16)4-6-12/h1-2,7,9,16H,3-6,15H2. The third kappa shape index (κ3) is 2.08. The first kappa shape index (κ1) is 11.5. The fourth-order valence-corrected chi connectivity index (χ4v) is 2.28. The van der Waals surface area contributed by atoms with Gasteiger partial charge in [-0.05, 0) is 31.7 Å². The number of aliphatic hydroxyl groups excluding tert-OH is 1. The summed E-state index contributed by atoms with van der Waals surface area (Å²) in [6, 6.07) is 3.48. The van der Waals surface area contributed by atoms with Crippen LogP contribution in [0, 0.1) is 11.6 Å². The minimum atomic E-state index is -0.767. The van der Waals surface area contributed by atoms with Crippen LogP contribution in [0.2, 0.25) is 0 Å². The average Bonchev–Trinajstić information content (AvgIpc) is 2.22. The maximum atomic E-state index is 13.6. The van der Waals surface area contributed by atoms with Crippen LogP contribution in [0.25, 0.3) is 0 Å². The molecule has 0 spiro atoms. The maximum Gasteiger partial charge on any atom is 0.131 e. The molecule has 0 unspecified atom stereocenters. The highest BCUT2D eigenvalue weighted by molar-refractivity contribution is 5.27. The summed E-state index contributed by atoms with van der Waals surface area (Å²) in [6.07, 6.45) is 1.83. The molecule has 1 aliphatic rings.